The number of carbonyl (C=O) groups excluding carboxylic acids is 1. The number of alkyl carbamates (subject to hydrolysis) is 1. The van der Waals surface area contributed by atoms with Gasteiger partial charge in [0.15, 0.2) is 0 Å². The van der Waals surface area contributed by atoms with Crippen LogP contribution in [0.15, 0.2) is 22.7 Å². The van der Waals surface area contributed by atoms with E-state index >= 15 is 0 Å². The Labute approximate surface area is 121 Å². The van der Waals surface area contributed by atoms with Gasteiger partial charge in [-0.1, -0.05) is 22.0 Å². The summed E-state index contributed by atoms with van der Waals surface area (Å²) >= 11 is 3.40. The van der Waals surface area contributed by atoms with Gasteiger partial charge in [-0.05, 0) is 44.0 Å². The van der Waals surface area contributed by atoms with Crippen LogP contribution in [0, 0.1) is 0 Å². The first kappa shape index (κ1) is 14.3. The van der Waals surface area contributed by atoms with Crippen molar-refractivity contribution in [3.63, 3.8) is 0 Å². The Morgan fingerprint density at radius 2 is 2.16 bits per heavy atom. The van der Waals surface area contributed by atoms with Gasteiger partial charge in [0.25, 0.3) is 0 Å². The molecular weight excluding hydrogens is 310 g/mol. The summed E-state index contributed by atoms with van der Waals surface area (Å²) in [5, 5.41) is 12.8. The molecule has 4 nitrogen and oxygen atoms in total. The standard InChI is InChI=1S/C14H18BrNO3/c1-14(2,3)19-13(18)16-12-10-5-4-9(15)6-8(10)7-11(12)17/h4-6,11-12,17H,7H2,1-3H3,(H,16,18). The topological polar surface area (TPSA) is 58.6 Å². The number of benzene rings is 1. The summed E-state index contributed by atoms with van der Waals surface area (Å²) < 4.78 is 6.19. The number of aliphatic hydroxyl groups excluding tert-OH is 1. The molecule has 0 fully saturated rings. The van der Waals surface area contributed by atoms with E-state index in [0.29, 0.717) is 6.42 Å². The molecule has 2 rings (SSSR count). The van der Waals surface area contributed by atoms with Gasteiger partial charge < -0.3 is 15.2 Å². The summed E-state index contributed by atoms with van der Waals surface area (Å²) in [5.41, 5.74) is 1.44. The fourth-order valence-corrected chi connectivity index (χ4v) is 2.62. The smallest absolute Gasteiger partial charge is 0.408 e. The number of ether oxygens (including phenoxy) is 1. The number of carbonyl (C=O) groups is 1. The Morgan fingerprint density at radius 3 is 2.79 bits per heavy atom. The molecule has 1 aromatic rings. The van der Waals surface area contributed by atoms with E-state index < -0.39 is 23.8 Å². The van der Waals surface area contributed by atoms with Crippen molar-refractivity contribution in [1.82, 2.24) is 5.32 Å². The Balaban J connectivity index is 2.12. The fourth-order valence-electron chi connectivity index (χ4n) is 2.21. The molecule has 0 heterocycles. The molecule has 1 aliphatic carbocycles. The third-order valence-electron chi connectivity index (χ3n) is 2.93. The monoisotopic (exact) mass is 327 g/mol. The van der Waals surface area contributed by atoms with E-state index in [0.717, 1.165) is 15.6 Å². The first-order valence-electron chi connectivity index (χ1n) is 6.22. The van der Waals surface area contributed by atoms with Gasteiger partial charge in [-0.3, -0.25) is 0 Å². The maximum absolute atomic E-state index is 11.8. The van der Waals surface area contributed by atoms with Crippen LogP contribution in [0.1, 0.15) is 37.9 Å². The van der Waals surface area contributed by atoms with Gasteiger partial charge in [-0.15, -0.1) is 0 Å². The van der Waals surface area contributed by atoms with Crippen LogP contribution >= 0.6 is 15.9 Å². The lowest BCUT2D eigenvalue weighted by Crippen LogP contribution is -2.38. The molecule has 0 spiro atoms. The molecule has 1 aliphatic rings. The van der Waals surface area contributed by atoms with E-state index in [2.05, 4.69) is 21.2 Å². The highest BCUT2D eigenvalue weighted by Gasteiger charge is 2.33. The number of nitrogens with one attached hydrogen (secondary N) is 1. The zero-order valence-corrected chi connectivity index (χ0v) is 12.8. The lowest BCUT2D eigenvalue weighted by atomic mass is 10.1. The molecule has 104 valence electrons. The summed E-state index contributed by atoms with van der Waals surface area (Å²) in [4.78, 5) is 11.8. The van der Waals surface area contributed by atoms with Crippen LogP contribution in [0.2, 0.25) is 0 Å². The molecule has 5 heteroatoms. The van der Waals surface area contributed by atoms with Gasteiger partial charge >= 0.3 is 6.09 Å². The van der Waals surface area contributed by atoms with Gasteiger partial charge in [0.2, 0.25) is 0 Å². The van der Waals surface area contributed by atoms with Crippen molar-refractivity contribution in [3.05, 3.63) is 33.8 Å². The molecule has 19 heavy (non-hydrogen) atoms. The Hall–Kier alpha value is -1.07. The Kier molecular flexibility index (Phi) is 3.87. The van der Waals surface area contributed by atoms with Gasteiger partial charge in [0.1, 0.15) is 5.60 Å². The predicted molar refractivity (Wildman–Crippen MR) is 76.0 cm³/mol. The SMILES string of the molecule is CC(C)(C)OC(=O)NC1c2ccc(Br)cc2CC1O. The van der Waals surface area contributed by atoms with Crippen molar-refractivity contribution in [2.45, 2.75) is 44.9 Å². The second kappa shape index (κ2) is 5.13. The normalized spacial score (nSPS) is 21.9. The van der Waals surface area contributed by atoms with Crippen molar-refractivity contribution < 1.29 is 14.6 Å². The lowest BCUT2D eigenvalue weighted by Gasteiger charge is -2.23. The van der Waals surface area contributed by atoms with Crippen molar-refractivity contribution in [1.29, 1.82) is 0 Å². The van der Waals surface area contributed by atoms with Gasteiger partial charge in [0.05, 0.1) is 12.1 Å². The van der Waals surface area contributed by atoms with Crippen LogP contribution in [-0.2, 0) is 11.2 Å². The predicted octanol–water partition coefficient (Wildman–Crippen LogP) is 2.93. The second-order valence-electron chi connectivity index (χ2n) is 5.74. The number of amides is 1. The number of aliphatic hydroxyl groups is 1. The van der Waals surface area contributed by atoms with Gasteiger partial charge in [-0.25, -0.2) is 4.79 Å². The number of rotatable bonds is 1. The Bertz CT molecular complexity index is 496. The quantitative estimate of drug-likeness (QED) is 0.833. The summed E-state index contributed by atoms with van der Waals surface area (Å²) in [6.45, 7) is 5.42. The molecule has 0 aromatic heterocycles. The van der Waals surface area contributed by atoms with E-state index in [1.165, 1.54) is 0 Å². The van der Waals surface area contributed by atoms with Crippen LogP contribution in [0.4, 0.5) is 4.79 Å². The maximum atomic E-state index is 11.8. The Morgan fingerprint density at radius 1 is 1.47 bits per heavy atom. The minimum absolute atomic E-state index is 0.405. The molecule has 0 saturated carbocycles. The lowest BCUT2D eigenvalue weighted by molar-refractivity contribution is 0.0438. The van der Waals surface area contributed by atoms with Crippen LogP contribution in [0.3, 0.4) is 0 Å². The minimum atomic E-state index is -0.614. The number of hydrogen-bond donors (Lipinski definition) is 2. The van der Waals surface area contributed by atoms with Crippen LogP contribution in [0.25, 0.3) is 0 Å². The highest BCUT2D eigenvalue weighted by Crippen LogP contribution is 2.33. The van der Waals surface area contributed by atoms with E-state index in [1.807, 2.05) is 39.0 Å². The number of halogens is 1. The minimum Gasteiger partial charge on any atom is -0.444 e. The fraction of sp³-hybridized carbons (Fsp3) is 0.500. The first-order chi connectivity index (χ1) is 8.76. The van der Waals surface area contributed by atoms with E-state index in [1.54, 1.807) is 0 Å². The van der Waals surface area contributed by atoms with Crippen LogP contribution < -0.4 is 5.32 Å². The molecule has 1 aromatic carbocycles. The highest BCUT2D eigenvalue weighted by atomic mass is 79.9. The zero-order valence-electron chi connectivity index (χ0n) is 11.2. The zero-order chi connectivity index (χ0) is 14.2. The molecule has 0 aliphatic heterocycles. The average Bonchev–Trinajstić information content (AvgIpc) is 2.51. The highest BCUT2D eigenvalue weighted by molar-refractivity contribution is 9.10. The van der Waals surface area contributed by atoms with E-state index in [-0.39, 0.29) is 0 Å². The third-order valence-corrected chi connectivity index (χ3v) is 3.42. The second-order valence-corrected chi connectivity index (χ2v) is 6.65. The largest absolute Gasteiger partial charge is 0.444 e. The summed E-state index contributed by atoms with van der Waals surface area (Å²) in [6.07, 6.45) is -0.584. The number of hydrogen-bond acceptors (Lipinski definition) is 3. The van der Waals surface area contributed by atoms with Gasteiger partial charge in [-0.2, -0.15) is 0 Å². The maximum Gasteiger partial charge on any atom is 0.408 e. The molecule has 0 radical (unpaired) electrons. The van der Waals surface area contributed by atoms with Crippen molar-refractivity contribution in [2.24, 2.45) is 0 Å². The molecule has 1 amide bonds. The van der Waals surface area contributed by atoms with Gasteiger partial charge in [0, 0.05) is 10.9 Å². The van der Waals surface area contributed by atoms with Crippen molar-refractivity contribution in [2.75, 3.05) is 0 Å². The summed E-state index contributed by atoms with van der Waals surface area (Å²) in [7, 11) is 0. The molecule has 2 unspecified atom stereocenters. The molecule has 0 bridgehead atoms. The third kappa shape index (κ3) is 3.48. The van der Waals surface area contributed by atoms with Crippen LogP contribution in [-0.4, -0.2) is 22.9 Å². The molecule has 2 N–H and O–H groups in total. The molecular formula is C14H18BrNO3. The first-order valence-corrected chi connectivity index (χ1v) is 7.01. The molecule has 2 atom stereocenters. The van der Waals surface area contributed by atoms with Crippen molar-refractivity contribution in [3.8, 4) is 0 Å². The average molecular weight is 328 g/mol. The number of fused-ring (bicyclic) bond motifs is 1. The van der Waals surface area contributed by atoms with Crippen LogP contribution in [0.5, 0.6) is 0 Å². The van der Waals surface area contributed by atoms with E-state index in [4.69, 9.17) is 4.74 Å². The van der Waals surface area contributed by atoms with E-state index in [9.17, 15) is 9.90 Å². The molecule has 0 saturated heterocycles. The summed E-state index contributed by atoms with van der Waals surface area (Å²) in [6, 6.07) is 5.38. The summed E-state index contributed by atoms with van der Waals surface area (Å²) in [5.74, 6) is 0. The van der Waals surface area contributed by atoms with Crippen molar-refractivity contribution >= 4 is 22.0 Å².